The van der Waals surface area contributed by atoms with Gasteiger partial charge in [0.15, 0.2) is 11.5 Å². The minimum atomic E-state index is 0.190. The Bertz CT molecular complexity index is 354. The lowest BCUT2D eigenvalue weighted by Crippen LogP contribution is -2.13. The second kappa shape index (κ2) is 5.18. The summed E-state index contributed by atoms with van der Waals surface area (Å²) in [4.78, 5) is 0. The molecule has 0 aromatic heterocycles. The van der Waals surface area contributed by atoms with E-state index in [9.17, 15) is 0 Å². The number of rotatable bonds is 5. The van der Waals surface area contributed by atoms with Crippen molar-refractivity contribution in [2.75, 3.05) is 13.3 Å². The Morgan fingerprint density at radius 2 is 2.19 bits per heavy atom. The molecular weight excluding hydrogens is 206 g/mol. The summed E-state index contributed by atoms with van der Waals surface area (Å²) in [7, 11) is 0. The van der Waals surface area contributed by atoms with Gasteiger partial charge in [-0.2, -0.15) is 0 Å². The minimum absolute atomic E-state index is 0.190. The Hall–Kier alpha value is -1.26. The first-order valence-electron chi connectivity index (χ1n) is 5.50. The van der Waals surface area contributed by atoms with Crippen LogP contribution in [0.4, 0.5) is 0 Å². The lowest BCUT2D eigenvalue weighted by Gasteiger charge is -2.11. The molecule has 0 saturated heterocycles. The van der Waals surface area contributed by atoms with Crippen molar-refractivity contribution in [1.82, 2.24) is 0 Å². The van der Waals surface area contributed by atoms with Crippen LogP contribution in [-0.2, 0) is 11.3 Å². The number of benzene rings is 1. The van der Waals surface area contributed by atoms with Gasteiger partial charge >= 0.3 is 0 Å². The van der Waals surface area contributed by atoms with Gasteiger partial charge < -0.3 is 19.9 Å². The van der Waals surface area contributed by atoms with E-state index in [1.165, 1.54) is 0 Å². The summed E-state index contributed by atoms with van der Waals surface area (Å²) in [5.74, 6) is 1.60. The molecule has 0 bridgehead atoms. The molecule has 1 aromatic carbocycles. The highest BCUT2D eigenvalue weighted by Crippen LogP contribution is 2.32. The highest BCUT2D eigenvalue weighted by molar-refractivity contribution is 5.44. The zero-order valence-electron chi connectivity index (χ0n) is 9.44. The molecule has 88 valence electrons. The molecule has 0 radical (unpaired) electrons. The van der Waals surface area contributed by atoms with Crippen LogP contribution in [0.3, 0.4) is 0 Å². The molecule has 1 atom stereocenters. The number of hydrogen-bond donors (Lipinski definition) is 1. The van der Waals surface area contributed by atoms with Gasteiger partial charge in [0.2, 0.25) is 6.79 Å². The van der Waals surface area contributed by atoms with E-state index >= 15 is 0 Å². The van der Waals surface area contributed by atoms with Crippen LogP contribution in [0.1, 0.15) is 18.9 Å². The van der Waals surface area contributed by atoms with Gasteiger partial charge in [0.1, 0.15) is 0 Å². The summed E-state index contributed by atoms with van der Waals surface area (Å²) in [6, 6.07) is 5.86. The van der Waals surface area contributed by atoms with Crippen molar-refractivity contribution < 1.29 is 14.2 Å². The molecule has 2 N–H and O–H groups in total. The van der Waals surface area contributed by atoms with Gasteiger partial charge in [-0.05, 0) is 37.6 Å². The Labute approximate surface area is 95.3 Å². The molecule has 1 aromatic rings. The van der Waals surface area contributed by atoms with Crippen molar-refractivity contribution in [2.24, 2.45) is 5.73 Å². The molecule has 1 heterocycles. The fourth-order valence-electron chi connectivity index (χ4n) is 1.59. The monoisotopic (exact) mass is 223 g/mol. The highest BCUT2D eigenvalue weighted by Gasteiger charge is 2.13. The van der Waals surface area contributed by atoms with Crippen molar-refractivity contribution in [3.8, 4) is 11.5 Å². The second-order valence-corrected chi connectivity index (χ2v) is 3.89. The van der Waals surface area contributed by atoms with Gasteiger partial charge in [-0.3, -0.25) is 0 Å². The number of hydrogen-bond acceptors (Lipinski definition) is 4. The molecule has 1 unspecified atom stereocenters. The zero-order chi connectivity index (χ0) is 11.4. The van der Waals surface area contributed by atoms with Gasteiger partial charge in [0, 0.05) is 0 Å². The van der Waals surface area contributed by atoms with Crippen LogP contribution in [0.25, 0.3) is 0 Å². The third-order valence-corrected chi connectivity index (χ3v) is 2.54. The quantitative estimate of drug-likeness (QED) is 0.825. The Balaban J connectivity index is 1.90. The Morgan fingerprint density at radius 1 is 1.38 bits per heavy atom. The van der Waals surface area contributed by atoms with Crippen LogP contribution in [-0.4, -0.2) is 19.4 Å². The topological polar surface area (TPSA) is 53.7 Å². The normalized spacial score (nSPS) is 15.1. The van der Waals surface area contributed by atoms with Crippen LogP contribution in [0.15, 0.2) is 18.2 Å². The van der Waals surface area contributed by atoms with E-state index in [-0.39, 0.29) is 6.10 Å². The molecular formula is C12H17NO3. The lowest BCUT2D eigenvalue weighted by molar-refractivity contribution is 0.0491. The maximum absolute atomic E-state index is 5.65. The third kappa shape index (κ3) is 2.65. The zero-order valence-corrected chi connectivity index (χ0v) is 9.44. The molecule has 0 fully saturated rings. The molecule has 0 saturated carbocycles. The van der Waals surface area contributed by atoms with E-state index in [1.807, 2.05) is 25.1 Å². The van der Waals surface area contributed by atoms with Crippen LogP contribution >= 0.6 is 0 Å². The number of fused-ring (bicyclic) bond motifs is 1. The summed E-state index contributed by atoms with van der Waals surface area (Å²) >= 11 is 0. The Morgan fingerprint density at radius 3 is 3.00 bits per heavy atom. The predicted molar refractivity (Wildman–Crippen MR) is 60.5 cm³/mol. The molecule has 2 rings (SSSR count). The van der Waals surface area contributed by atoms with E-state index in [4.69, 9.17) is 19.9 Å². The molecule has 1 aliphatic rings. The maximum Gasteiger partial charge on any atom is 0.231 e. The maximum atomic E-state index is 5.65. The van der Waals surface area contributed by atoms with E-state index in [0.29, 0.717) is 19.9 Å². The average molecular weight is 223 g/mol. The SMILES string of the molecule is CC(CCN)OCc1ccc2c(c1)OCO2. The minimum Gasteiger partial charge on any atom is -0.454 e. The van der Waals surface area contributed by atoms with Crippen molar-refractivity contribution in [3.05, 3.63) is 23.8 Å². The van der Waals surface area contributed by atoms with Gasteiger partial charge in [0.05, 0.1) is 12.7 Å². The molecule has 0 spiro atoms. The number of ether oxygens (including phenoxy) is 3. The molecule has 4 nitrogen and oxygen atoms in total. The van der Waals surface area contributed by atoms with E-state index in [2.05, 4.69) is 0 Å². The molecule has 0 amide bonds. The van der Waals surface area contributed by atoms with Crippen LogP contribution in [0.5, 0.6) is 11.5 Å². The van der Waals surface area contributed by atoms with Gasteiger partial charge in [-0.15, -0.1) is 0 Å². The summed E-state index contributed by atoms with van der Waals surface area (Å²) in [5.41, 5.74) is 6.55. The summed E-state index contributed by atoms with van der Waals surface area (Å²) in [6.45, 7) is 3.57. The van der Waals surface area contributed by atoms with Crippen LogP contribution < -0.4 is 15.2 Å². The molecule has 16 heavy (non-hydrogen) atoms. The van der Waals surface area contributed by atoms with Crippen LogP contribution in [0.2, 0.25) is 0 Å². The summed E-state index contributed by atoms with van der Waals surface area (Å²) < 4.78 is 16.2. The highest BCUT2D eigenvalue weighted by atomic mass is 16.7. The fraction of sp³-hybridized carbons (Fsp3) is 0.500. The van der Waals surface area contributed by atoms with Crippen molar-refractivity contribution >= 4 is 0 Å². The molecule has 1 aliphatic heterocycles. The second-order valence-electron chi connectivity index (χ2n) is 3.89. The van der Waals surface area contributed by atoms with E-state index in [1.54, 1.807) is 0 Å². The molecule has 0 aliphatic carbocycles. The van der Waals surface area contributed by atoms with Gasteiger partial charge in [0.25, 0.3) is 0 Å². The first kappa shape index (κ1) is 11.2. The molecule has 4 heteroatoms. The summed E-state index contributed by atoms with van der Waals surface area (Å²) in [6.07, 6.45) is 1.07. The fourth-order valence-corrected chi connectivity index (χ4v) is 1.59. The summed E-state index contributed by atoms with van der Waals surface area (Å²) in [5, 5.41) is 0. The predicted octanol–water partition coefficient (Wildman–Crippen LogP) is 1.67. The van der Waals surface area contributed by atoms with Gasteiger partial charge in [-0.1, -0.05) is 6.07 Å². The first-order chi connectivity index (χ1) is 7.79. The number of nitrogens with two attached hydrogens (primary N) is 1. The van der Waals surface area contributed by atoms with E-state index in [0.717, 1.165) is 23.5 Å². The van der Waals surface area contributed by atoms with Crippen LogP contribution in [0, 0.1) is 0 Å². The Kier molecular flexibility index (Phi) is 3.64. The van der Waals surface area contributed by atoms with Crippen molar-refractivity contribution in [3.63, 3.8) is 0 Å². The van der Waals surface area contributed by atoms with Crippen molar-refractivity contribution in [2.45, 2.75) is 26.1 Å². The van der Waals surface area contributed by atoms with Gasteiger partial charge in [-0.25, -0.2) is 0 Å². The largest absolute Gasteiger partial charge is 0.454 e. The average Bonchev–Trinajstić information content (AvgIpc) is 2.74. The smallest absolute Gasteiger partial charge is 0.231 e. The van der Waals surface area contributed by atoms with Crippen molar-refractivity contribution in [1.29, 1.82) is 0 Å². The standard InChI is InChI=1S/C12H17NO3/c1-9(4-5-13)14-7-10-2-3-11-12(6-10)16-8-15-11/h2-3,6,9H,4-5,7-8,13H2,1H3. The lowest BCUT2D eigenvalue weighted by atomic mass is 10.2. The van der Waals surface area contributed by atoms with E-state index < -0.39 is 0 Å². The first-order valence-corrected chi connectivity index (χ1v) is 5.50. The third-order valence-electron chi connectivity index (χ3n) is 2.54.